The molecule has 460 valence electrons. The highest BCUT2D eigenvalue weighted by Gasteiger charge is 2.29. The zero-order valence-corrected chi connectivity index (χ0v) is 48.2. The van der Waals surface area contributed by atoms with E-state index in [1.54, 1.807) is 13.8 Å². The minimum absolute atomic E-state index is 0.0246. The van der Waals surface area contributed by atoms with Crippen LogP contribution in [0.2, 0.25) is 0 Å². The highest BCUT2D eigenvalue weighted by molar-refractivity contribution is 5.86. The van der Waals surface area contributed by atoms with Gasteiger partial charge in [-0.2, -0.15) is 9.59 Å². The Balaban J connectivity index is 0. The van der Waals surface area contributed by atoms with Crippen LogP contribution in [0, 0.1) is 11.8 Å². The number of rotatable bonds is 40. The highest BCUT2D eigenvalue weighted by Crippen LogP contribution is 2.15. The summed E-state index contributed by atoms with van der Waals surface area (Å²) in [6, 6.07) is -2.22. The number of hydrogen-bond donors (Lipinski definition) is 8. The standard InChI is InChI=1S/C27H46N4O12.C25H49N5O4.CO2/c1-18(2)26(41)20(28)7-5-3-4-6-19(32)8-9-21(27(42)43)31(12-10-29(14-22(33)34)15-23(35)36)13-11-30(16-24(37)38)17-25(39)40;1-5-28-13-11-27(4)12-14-29(17-18-30(16-15-28)20-24(32)33)19-22(31)9-7-6-8-10-23(26)25(34)21(2)3;2-1-3/h18,20-21H,3-17,28H2,1-2H3,(H,33,34)(H,35,36)(H,37,38)(H,39,40)(H,42,43);21,23H,5-20,26H2,1-4H3,(H,32,33);/t20-,21-;23-;/m00./s1. The molecule has 0 radical (unpaired) electrons. The van der Waals surface area contributed by atoms with Gasteiger partial charge in [0.05, 0.1) is 51.4 Å². The van der Waals surface area contributed by atoms with Crippen molar-refractivity contribution in [2.45, 2.75) is 130 Å². The van der Waals surface area contributed by atoms with Gasteiger partial charge < -0.3 is 51.9 Å². The zero-order chi connectivity index (χ0) is 61.3. The molecule has 0 unspecified atom stereocenters. The first kappa shape index (κ1) is 76.6. The van der Waals surface area contributed by atoms with Crippen LogP contribution >= 0.6 is 0 Å². The molecule has 0 amide bonds. The molecule has 80 heavy (non-hydrogen) atoms. The van der Waals surface area contributed by atoms with Gasteiger partial charge in [-0.05, 0) is 45.7 Å². The molecule has 1 fully saturated rings. The monoisotopic (exact) mass is 1150 g/mol. The average molecular weight is 1150 g/mol. The second kappa shape index (κ2) is 45.2. The molecular weight excluding hydrogens is 1050 g/mol. The summed E-state index contributed by atoms with van der Waals surface area (Å²) < 4.78 is 0. The Morgan fingerprint density at radius 1 is 0.475 bits per heavy atom. The lowest BCUT2D eigenvalue weighted by molar-refractivity contribution is -0.192. The van der Waals surface area contributed by atoms with Gasteiger partial charge in [0.15, 0.2) is 11.6 Å². The number of nitrogens with zero attached hydrogens (tertiary/aromatic N) is 7. The predicted octanol–water partition coefficient (Wildman–Crippen LogP) is -0.0330. The van der Waals surface area contributed by atoms with Crippen molar-refractivity contribution in [3.63, 3.8) is 0 Å². The number of carbonyl (C=O) groups excluding carboxylic acids is 6. The van der Waals surface area contributed by atoms with E-state index in [0.29, 0.717) is 64.7 Å². The molecule has 0 bridgehead atoms. The molecule has 0 aromatic heterocycles. The van der Waals surface area contributed by atoms with Crippen LogP contribution in [-0.2, 0) is 57.5 Å². The number of Topliss-reactive ketones (excluding diaryl/α,β-unsaturated/α-hetero) is 4. The van der Waals surface area contributed by atoms with Crippen molar-refractivity contribution < 1.29 is 88.2 Å². The number of carbonyl (C=O) groups is 10. The van der Waals surface area contributed by atoms with Gasteiger partial charge in [0.2, 0.25) is 0 Å². The molecule has 1 rings (SSSR count). The summed E-state index contributed by atoms with van der Waals surface area (Å²) in [6.45, 7) is 14.2. The smallest absolute Gasteiger partial charge is 0.373 e. The zero-order valence-electron chi connectivity index (χ0n) is 48.2. The molecule has 27 nitrogen and oxygen atoms in total. The molecule has 1 aliphatic heterocycles. The maximum absolute atomic E-state index is 12.7. The number of nitrogens with two attached hydrogens (primary N) is 2. The number of hydrogen-bond acceptors (Lipinski definition) is 21. The Kier molecular flexibility index (Phi) is 43.2. The third-order valence-corrected chi connectivity index (χ3v) is 13.3. The molecule has 0 aromatic carbocycles. The normalized spacial score (nSPS) is 15.3. The maximum atomic E-state index is 12.7. The van der Waals surface area contributed by atoms with E-state index in [0.717, 1.165) is 68.3 Å². The van der Waals surface area contributed by atoms with Gasteiger partial charge in [-0.15, -0.1) is 0 Å². The van der Waals surface area contributed by atoms with Gasteiger partial charge in [0.1, 0.15) is 17.6 Å². The summed E-state index contributed by atoms with van der Waals surface area (Å²) in [5, 5.41) is 55.7. The average Bonchev–Trinajstić information content (AvgIpc) is 3.35. The van der Waals surface area contributed by atoms with E-state index < -0.39 is 80.1 Å². The van der Waals surface area contributed by atoms with Crippen molar-refractivity contribution in [2.75, 3.05) is 131 Å². The van der Waals surface area contributed by atoms with Crippen LogP contribution < -0.4 is 11.5 Å². The number of ketones is 4. The van der Waals surface area contributed by atoms with Crippen LogP contribution in [0.4, 0.5) is 0 Å². The fourth-order valence-electron chi connectivity index (χ4n) is 8.70. The highest BCUT2D eigenvalue weighted by atomic mass is 16.4. The van der Waals surface area contributed by atoms with E-state index in [1.165, 1.54) is 4.90 Å². The van der Waals surface area contributed by atoms with Crippen LogP contribution in [0.25, 0.3) is 0 Å². The van der Waals surface area contributed by atoms with Crippen molar-refractivity contribution >= 4 is 65.1 Å². The van der Waals surface area contributed by atoms with Gasteiger partial charge in [-0.3, -0.25) is 72.4 Å². The fourth-order valence-corrected chi connectivity index (χ4v) is 8.70. The number of carboxylic acids is 6. The quantitative estimate of drug-likeness (QED) is 0.0373. The van der Waals surface area contributed by atoms with E-state index in [2.05, 4.69) is 28.7 Å². The van der Waals surface area contributed by atoms with Crippen LogP contribution in [0.5, 0.6) is 0 Å². The number of carboxylic acid groups (broad SMARTS) is 6. The molecule has 0 saturated carbocycles. The Morgan fingerprint density at radius 2 is 0.838 bits per heavy atom. The van der Waals surface area contributed by atoms with Crippen molar-refractivity contribution in [3.05, 3.63) is 0 Å². The number of likely N-dealkylation sites (N-methyl/N-ethyl adjacent to an activating group) is 2. The lowest BCUT2D eigenvalue weighted by Crippen LogP contribution is -2.50. The summed E-state index contributed by atoms with van der Waals surface area (Å²) in [6.07, 6.45) is 6.35. The van der Waals surface area contributed by atoms with Gasteiger partial charge in [0.25, 0.3) is 0 Å². The first-order valence-corrected chi connectivity index (χ1v) is 27.5. The van der Waals surface area contributed by atoms with E-state index >= 15 is 0 Å². The summed E-state index contributed by atoms with van der Waals surface area (Å²) in [5.41, 5.74) is 11.8. The Hall–Kier alpha value is -5.48. The number of aliphatic carboxylic acids is 6. The van der Waals surface area contributed by atoms with Crippen LogP contribution in [-0.4, -0.2) is 280 Å². The van der Waals surface area contributed by atoms with Crippen LogP contribution in [0.3, 0.4) is 0 Å². The van der Waals surface area contributed by atoms with Gasteiger partial charge >= 0.3 is 42.0 Å². The minimum atomic E-state index is -1.30. The van der Waals surface area contributed by atoms with Crippen molar-refractivity contribution in [3.8, 4) is 0 Å². The summed E-state index contributed by atoms with van der Waals surface area (Å²) >= 11 is 0. The predicted molar refractivity (Wildman–Crippen MR) is 293 cm³/mol. The molecule has 3 atom stereocenters. The third kappa shape index (κ3) is 40.7. The maximum Gasteiger partial charge on any atom is 0.373 e. The number of unbranched alkanes of at least 4 members (excludes halogenated alkanes) is 4. The minimum Gasteiger partial charge on any atom is -0.480 e. The van der Waals surface area contributed by atoms with Crippen molar-refractivity contribution in [1.29, 1.82) is 0 Å². The molecule has 0 aliphatic carbocycles. The molecule has 0 aromatic rings. The first-order chi connectivity index (χ1) is 37.6. The van der Waals surface area contributed by atoms with Gasteiger partial charge in [-0.1, -0.05) is 60.3 Å². The molecular formula is C53H95N9O18. The van der Waals surface area contributed by atoms with Crippen LogP contribution in [0.1, 0.15) is 112 Å². The van der Waals surface area contributed by atoms with Crippen LogP contribution in [0.15, 0.2) is 0 Å². The largest absolute Gasteiger partial charge is 0.480 e. The second-order valence-corrected chi connectivity index (χ2v) is 20.8. The fraction of sp³-hybridized carbons (Fsp3) is 0.792. The molecule has 10 N–H and O–H groups in total. The van der Waals surface area contributed by atoms with Gasteiger partial charge in [-0.25, -0.2) is 0 Å². The lowest BCUT2D eigenvalue weighted by atomic mass is 9.97. The van der Waals surface area contributed by atoms with E-state index in [9.17, 15) is 58.2 Å². The Bertz CT molecular complexity index is 1850. The summed E-state index contributed by atoms with van der Waals surface area (Å²) in [5.74, 6) is -7.38. The topological polar surface area (TPSA) is 401 Å². The SMILES string of the molecule is CC(C)C(=O)[C@@H](N)CCCCCC(=O)CC[C@@H](C(=O)O)N(CCN(CC(=O)O)CC(=O)O)CCN(CC(=O)O)CC(=O)O.CCN1CCN(C)CCN(CC(=O)CCCCC[C@H](N)C(=O)C(C)C)CCN(CC(=O)O)CC1.O=C=O. The van der Waals surface area contributed by atoms with E-state index in [-0.39, 0.29) is 93.1 Å². The Morgan fingerprint density at radius 3 is 1.20 bits per heavy atom. The van der Waals surface area contributed by atoms with E-state index in [1.807, 2.05) is 18.7 Å². The third-order valence-electron chi connectivity index (χ3n) is 13.3. The first-order valence-electron chi connectivity index (χ1n) is 27.5. The molecule has 0 spiro atoms. The molecule has 1 saturated heterocycles. The molecule has 1 aliphatic rings. The summed E-state index contributed by atoms with van der Waals surface area (Å²) in [7, 11) is 2.12. The van der Waals surface area contributed by atoms with Crippen molar-refractivity contribution in [1.82, 2.24) is 34.3 Å². The van der Waals surface area contributed by atoms with Crippen molar-refractivity contribution in [2.24, 2.45) is 23.3 Å². The van der Waals surface area contributed by atoms with E-state index in [4.69, 9.17) is 41.5 Å². The molecule has 1 heterocycles. The Labute approximate surface area is 470 Å². The lowest BCUT2D eigenvalue weighted by Gasteiger charge is -2.32. The summed E-state index contributed by atoms with van der Waals surface area (Å²) in [4.78, 5) is 146. The molecule has 27 heteroatoms. The second-order valence-electron chi connectivity index (χ2n) is 20.8. The van der Waals surface area contributed by atoms with Gasteiger partial charge in [0, 0.05) is 110 Å².